The first-order valence-electron chi connectivity index (χ1n) is 3.92. The fraction of sp³-hybridized carbons (Fsp3) is 0.111. The van der Waals surface area contributed by atoms with Crippen LogP contribution in [0.25, 0.3) is 10.6 Å². The summed E-state index contributed by atoms with van der Waals surface area (Å²) in [5.41, 5.74) is 2.14. The molecule has 0 amide bonds. The van der Waals surface area contributed by atoms with E-state index in [0.717, 1.165) is 25.1 Å². The molecule has 2 rings (SSSR count). The third kappa shape index (κ3) is 2.13. The summed E-state index contributed by atoms with van der Waals surface area (Å²) in [6.45, 7) is 2.01. The number of halogens is 2. The molecule has 0 aliphatic carbocycles. The van der Waals surface area contributed by atoms with E-state index in [0.29, 0.717) is 0 Å². The second-order valence-electron chi connectivity index (χ2n) is 2.88. The fourth-order valence-electron chi connectivity index (χ4n) is 1.18. The topological polar surface area (TPSA) is 25.8 Å². The summed E-state index contributed by atoms with van der Waals surface area (Å²) < 4.78 is 0.783. The number of nitrogens with zero attached hydrogens (tertiary/aromatic N) is 2. The summed E-state index contributed by atoms with van der Waals surface area (Å²) in [7, 11) is 0. The van der Waals surface area contributed by atoms with Gasteiger partial charge in [0.25, 0.3) is 0 Å². The first kappa shape index (κ1) is 10.1. The highest BCUT2D eigenvalue weighted by atomic mass is 79.9. The summed E-state index contributed by atoms with van der Waals surface area (Å²) in [5, 5.41) is 9.53. The quantitative estimate of drug-likeness (QED) is 0.795. The molecule has 1 aromatic heterocycles. The van der Waals surface area contributed by atoms with E-state index in [9.17, 15) is 0 Å². The SMILES string of the molecule is Cc1cc(Cl)cc(-c2nnc(Br)s2)c1. The number of aromatic nitrogens is 2. The van der Waals surface area contributed by atoms with E-state index in [1.807, 2.05) is 25.1 Å². The van der Waals surface area contributed by atoms with E-state index >= 15 is 0 Å². The molecule has 0 spiro atoms. The van der Waals surface area contributed by atoms with Gasteiger partial charge in [0, 0.05) is 10.6 Å². The summed E-state index contributed by atoms with van der Waals surface area (Å²) >= 11 is 10.7. The molecule has 0 aliphatic heterocycles. The lowest BCUT2D eigenvalue weighted by molar-refractivity contribution is 1.07. The van der Waals surface area contributed by atoms with Crippen LogP contribution in [0.2, 0.25) is 5.02 Å². The van der Waals surface area contributed by atoms with Crippen LogP contribution in [-0.2, 0) is 0 Å². The van der Waals surface area contributed by atoms with Gasteiger partial charge in [0.15, 0.2) is 3.92 Å². The molecule has 0 aliphatic rings. The zero-order valence-electron chi connectivity index (χ0n) is 7.29. The van der Waals surface area contributed by atoms with Gasteiger partial charge in [-0.25, -0.2) is 0 Å². The molecule has 0 fully saturated rings. The van der Waals surface area contributed by atoms with Gasteiger partial charge in [-0.15, -0.1) is 10.2 Å². The van der Waals surface area contributed by atoms with E-state index in [4.69, 9.17) is 11.6 Å². The highest BCUT2D eigenvalue weighted by Crippen LogP contribution is 2.29. The van der Waals surface area contributed by atoms with E-state index in [1.54, 1.807) is 0 Å². The van der Waals surface area contributed by atoms with Crippen molar-refractivity contribution in [2.24, 2.45) is 0 Å². The van der Waals surface area contributed by atoms with Crippen LogP contribution in [0.5, 0.6) is 0 Å². The van der Waals surface area contributed by atoms with Gasteiger partial charge in [0.2, 0.25) is 0 Å². The Bertz CT molecular complexity index is 449. The Balaban J connectivity index is 2.51. The Kier molecular flexibility index (Phi) is 2.85. The minimum Gasteiger partial charge on any atom is -0.137 e. The van der Waals surface area contributed by atoms with Crippen LogP contribution in [0.1, 0.15) is 5.56 Å². The lowest BCUT2D eigenvalue weighted by Crippen LogP contribution is -1.79. The third-order valence-corrected chi connectivity index (χ3v) is 3.31. The fourth-order valence-corrected chi connectivity index (χ4v) is 2.57. The Morgan fingerprint density at radius 3 is 2.64 bits per heavy atom. The number of hydrogen-bond acceptors (Lipinski definition) is 3. The molecule has 2 aromatic rings. The van der Waals surface area contributed by atoms with Crippen molar-refractivity contribution in [2.45, 2.75) is 6.92 Å². The number of benzene rings is 1. The van der Waals surface area contributed by atoms with Crippen molar-refractivity contribution in [2.75, 3.05) is 0 Å². The molecule has 0 saturated heterocycles. The van der Waals surface area contributed by atoms with Crippen molar-refractivity contribution in [1.82, 2.24) is 10.2 Å². The minimum atomic E-state index is 0.728. The van der Waals surface area contributed by atoms with E-state index in [2.05, 4.69) is 26.1 Å². The Labute approximate surface area is 99.1 Å². The second kappa shape index (κ2) is 3.96. The summed E-state index contributed by atoms with van der Waals surface area (Å²) in [6, 6.07) is 5.85. The molecule has 1 aromatic carbocycles. The molecular formula is C9H6BrClN2S. The van der Waals surface area contributed by atoms with Gasteiger partial charge in [-0.3, -0.25) is 0 Å². The average Bonchev–Trinajstić information content (AvgIpc) is 2.50. The first-order valence-corrected chi connectivity index (χ1v) is 5.90. The lowest BCUT2D eigenvalue weighted by atomic mass is 10.1. The van der Waals surface area contributed by atoms with Crippen LogP contribution >= 0.6 is 38.9 Å². The Hall–Kier alpha value is -0.450. The van der Waals surface area contributed by atoms with Crippen molar-refractivity contribution in [3.63, 3.8) is 0 Å². The van der Waals surface area contributed by atoms with Crippen molar-refractivity contribution in [3.8, 4) is 10.6 Å². The monoisotopic (exact) mass is 288 g/mol. The molecule has 0 saturated carbocycles. The molecule has 72 valence electrons. The van der Waals surface area contributed by atoms with Crippen LogP contribution in [0.4, 0.5) is 0 Å². The van der Waals surface area contributed by atoms with Gasteiger partial charge in [-0.1, -0.05) is 22.9 Å². The highest BCUT2D eigenvalue weighted by molar-refractivity contribution is 9.11. The predicted octanol–water partition coefficient (Wildman–Crippen LogP) is 3.93. The number of aryl methyl sites for hydroxylation is 1. The lowest BCUT2D eigenvalue weighted by Gasteiger charge is -1.98. The average molecular weight is 290 g/mol. The molecule has 5 heteroatoms. The molecular weight excluding hydrogens is 284 g/mol. The van der Waals surface area contributed by atoms with Crippen LogP contribution in [0.3, 0.4) is 0 Å². The third-order valence-electron chi connectivity index (χ3n) is 1.69. The zero-order valence-corrected chi connectivity index (χ0v) is 10.4. The van der Waals surface area contributed by atoms with E-state index < -0.39 is 0 Å². The van der Waals surface area contributed by atoms with Gasteiger partial charge in [0.05, 0.1) is 0 Å². The number of rotatable bonds is 1. The summed E-state index contributed by atoms with van der Waals surface area (Å²) in [5.74, 6) is 0. The Morgan fingerprint density at radius 2 is 2.07 bits per heavy atom. The van der Waals surface area contributed by atoms with Gasteiger partial charge < -0.3 is 0 Å². The maximum Gasteiger partial charge on any atom is 0.183 e. The van der Waals surface area contributed by atoms with Crippen molar-refractivity contribution >= 4 is 38.9 Å². The molecule has 0 N–H and O–H groups in total. The van der Waals surface area contributed by atoms with Crippen molar-refractivity contribution in [1.29, 1.82) is 0 Å². The first-order chi connectivity index (χ1) is 6.65. The van der Waals surface area contributed by atoms with Gasteiger partial charge >= 0.3 is 0 Å². The smallest absolute Gasteiger partial charge is 0.137 e. The second-order valence-corrected chi connectivity index (χ2v) is 5.57. The highest BCUT2D eigenvalue weighted by Gasteiger charge is 2.05. The van der Waals surface area contributed by atoms with Gasteiger partial charge in [-0.2, -0.15) is 0 Å². The molecule has 0 atom stereocenters. The normalized spacial score (nSPS) is 10.5. The molecule has 14 heavy (non-hydrogen) atoms. The van der Waals surface area contributed by atoms with Crippen LogP contribution in [0.15, 0.2) is 22.1 Å². The maximum atomic E-state index is 5.95. The minimum absolute atomic E-state index is 0.728. The van der Waals surface area contributed by atoms with E-state index in [-0.39, 0.29) is 0 Å². The van der Waals surface area contributed by atoms with Crippen molar-refractivity contribution < 1.29 is 0 Å². The van der Waals surface area contributed by atoms with Crippen LogP contribution < -0.4 is 0 Å². The summed E-state index contributed by atoms with van der Waals surface area (Å²) in [6.07, 6.45) is 0. The van der Waals surface area contributed by atoms with Crippen LogP contribution in [0, 0.1) is 6.92 Å². The molecule has 0 bridgehead atoms. The number of hydrogen-bond donors (Lipinski definition) is 0. The largest absolute Gasteiger partial charge is 0.183 e. The molecule has 0 radical (unpaired) electrons. The van der Waals surface area contributed by atoms with Crippen molar-refractivity contribution in [3.05, 3.63) is 32.7 Å². The van der Waals surface area contributed by atoms with Gasteiger partial charge in [0.1, 0.15) is 5.01 Å². The summed E-state index contributed by atoms with van der Waals surface area (Å²) in [4.78, 5) is 0. The molecule has 2 nitrogen and oxygen atoms in total. The molecule has 0 unspecified atom stereocenters. The predicted molar refractivity (Wildman–Crippen MR) is 62.8 cm³/mol. The van der Waals surface area contributed by atoms with Crippen LogP contribution in [-0.4, -0.2) is 10.2 Å². The maximum absolute atomic E-state index is 5.95. The van der Waals surface area contributed by atoms with Gasteiger partial charge in [-0.05, 0) is 46.6 Å². The molecule has 1 heterocycles. The zero-order chi connectivity index (χ0) is 10.1. The van der Waals surface area contributed by atoms with E-state index in [1.165, 1.54) is 11.3 Å². The Morgan fingerprint density at radius 1 is 1.29 bits per heavy atom. The standard InChI is InChI=1S/C9H6BrClN2S/c1-5-2-6(4-7(11)3-5)8-12-13-9(10)14-8/h2-4H,1H3.